The van der Waals surface area contributed by atoms with Crippen LogP contribution in [0.3, 0.4) is 0 Å². The molecule has 1 aliphatic heterocycles. The molecule has 0 saturated carbocycles. The first-order valence-electron chi connectivity index (χ1n) is 6.75. The summed E-state index contributed by atoms with van der Waals surface area (Å²) >= 11 is 0. The maximum absolute atomic E-state index is 12.0. The number of Topliss-reactive ketones (excluding diaryl/α,β-unsaturated/α-hetero) is 2. The van der Waals surface area contributed by atoms with Crippen molar-refractivity contribution in [2.75, 3.05) is 20.1 Å². The Hall–Kier alpha value is -1.27. The van der Waals surface area contributed by atoms with E-state index in [0.717, 1.165) is 12.8 Å². The van der Waals surface area contributed by atoms with Crippen molar-refractivity contribution in [1.82, 2.24) is 16.0 Å². The van der Waals surface area contributed by atoms with Crippen LogP contribution in [-0.4, -0.2) is 49.7 Å². The van der Waals surface area contributed by atoms with E-state index in [2.05, 4.69) is 16.0 Å². The van der Waals surface area contributed by atoms with Crippen molar-refractivity contribution in [3.8, 4) is 0 Å². The molecule has 1 fully saturated rings. The van der Waals surface area contributed by atoms with Crippen LogP contribution in [0.5, 0.6) is 0 Å². The summed E-state index contributed by atoms with van der Waals surface area (Å²) in [6.45, 7) is 2.24. The van der Waals surface area contributed by atoms with E-state index in [0.29, 0.717) is 13.0 Å². The molecule has 1 amide bonds. The van der Waals surface area contributed by atoms with Crippen molar-refractivity contribution in [3.05, 3.63) is 0 Å². The summed E-state index contributed by atoms with van der Waals surface area (Å²) in [6, 6.07) is -0.767. The Bertz CT molecular complexity index is 344. The molecule has 108 valence electrons. The van der Waals surface area contributed by atoms with Gasteiger partial charge >= 0.3 is 0 Å². The van der Waals surface area contributed by atoms with Crippen LogP contribution >= 0.6 is 0 Å². The normalized spacial score (nSPS) is 27.1. The number of rotatable bonds is 2. The number of carbonyl (C=O) groups is 3. The lowest BCUT2D eigenvalue weighted by molar-refractivity contribution is -0.127. The van der Waals surface area contributed by atoms with Gasteiger partial charge in [-0.3, -0.25) is 14.4 Å². The predicted octanol–water partition coefficient (Wildman–Crippen LogP) is -0.619. The summed E-state index contributed by atoms with van der Waals surface area (Å²) in [5.41, 5.74) is 0. The van der Waals surface area contributed by atoms with Gasteiger partial charge in [0.05, 0.1) is 18.6 Å². The summed E-state index contributed by atoms with van der Waals surface area (Å²) in [6.07, 6.45) is 2.53. The summed E-state index contributed by atoms with van der Waals surface area (Å²) in [7, 11) is 1.66. The Morgan fingerprint density at radius 2 is 2.05 bits per heavy atom. The van der Waals surface area contributed by atoms with Gasteiger partial charge in [-0.25, -0.2) is 0 Å². The number of carbonyl (C=O) groups excluding carboxylic acids is 3. The van der Waals surface area contributed by atoms with E-state index < -0.39 is 6.04 Å². The molecular weight excluding hydrogens is 246 g/mol. The van der Waals surface area contributed by atoms with Crippen molar-refractivity contribution in [1.29, 1.82) is 0 Å². The average molecular weight is 269 g/mol. The lowest BCUT2D eigenvalue weighted by Crippen LogP contribution is -2.47. The van der Waals surface area contributed by atoms with Gasteiger partial charge in [-0.15, -0.1) is 0 Å². The number of hydrogen-bond donors (Lipinski definition) is 3. The van der Waals surface area contributed by atoms with Crippen molar-refractivity contribution >= 4 is 17.5 Å². The molecule has 1 heterocycles. The average Bonchev–Trinajstić information content (AvgIpc) is 2.36. The highest BCUT2D eigenvalue weighted by molar-refractivity contribution is 5.91. The predicted molar refractivity (Wildman–Crippen MR) is 71.8 cm³/mol. The monoisotopic (exact) mass is 269 g/mol. The highest BCUT2D eigenvalue weighted by Gasteiger charge is 2.22. The SMILES string of the molecule is CN[C@H]1CC(=O)NCCCC[C@@H](C(C)=O)NCC1=O. The highest BCUT2D eigenvalue weighted by Crippen LogP contribution is 2.04. The molecule has 1 aliphatic rings. The molecule has 2 atom stereocenters. The Morgan fingerprint density at radius 3 is 2.68 bits per heavy atom. The zero-order chi connectivity index (χ0) is 14.3. The molecular formula is C13H23N3O3. The fourth-order valence-electron chi connectivity index (χ4n) is 2.13. The van der Waals surface area contributed by atoms with E-state index in [9.17, 15) is 14.4 Å². The van der Waals surface area contributed by atoms with E-state index in [-0.39, 0.29) is 36.5 Å². The zero-order valence-electron chi connectivity index (χ0n) is 11.6. The van der Waals surface area contributed by atoms with E-state index in [1.807, 2.05) is 0 Å². The van der Waals surface area contributed by atoms with Crippen LogP contribution in [0.2, 0.25) is 0 Å². The molecule has 0 radical (unpaired) electrons. The third kappa shape index (κ3) is 5.48. The molecule has 1 saturated heterocycles. The lowest BCUT2D eigenvalue weighted by Gasteiger charge is -2.20. The van der Waals surface area contributed by atoms with Gasteiger partial charge < -0.3 is 16.0 Å². The van der Waals surface area contributed by atoms with Crippen molar-refractivity contribution in [3.63, 3.8) is 0 Å². The molecule has 0 unspecified atom stereocenters. The molecule has 6 nitrogen and oxygen atoms in total. The van der Waals surface area contributed by atoms with Crippen LogP contribution in [0.25, 0.3) is 0 Å². The first-order chi connectivity index (χ1) is 9.04. The van der Waals surface area contributed by atoms with E-state index >= 15 is 0 Å². The van der Waals surface area contributed by atoms with Crippen LogP contribution < -0.4 is 16.0 Å². The third-order valence-corrected chi connectivity index (χ3v) is 3.38. The van der Waals surface area contributed by atoms with Gasteiger partial charge in [0.2, 0.25) is 5.91 Å². The number of hydrogen-bond acceptors (Lipinski definition) is 5. The molecule has 0 aliphatic carbocycles. The van der Waals surface area contributed by atoms with Gasteiger partial charge in [0, 0.05) is 13.0 Å². The molecule has 6 heteroatoms. The van der Waals surface area contributed by atoms with Gasteiger partial charge in [0.25, 0.3) is 0 Å². The second-order valence-electron chi connectivity index (χ2n) is 4.90. The summed E-state index contributed by atoms with van der Waals surface area (Å²) in [4.78, 5) is 35.0. The third-order valence-electron chi connectivity index (χ3n) is 3.38. The number of nitrogens with one attached hydrogen (secondary N) is 3. The maximum atomic E-state index is 12.0. The van der Waals surface area contributed by atoms with Gasteiger partial charge in [-0.1, -0.05) is 0 Å². The minimum atomic E-state index is -0.500. The second-order valence-corrected chi connectivity index (χ2v) is 4.90. The van der Waals surface area contributed by atoms with E-state index in [4.69, 9.17) is 0 Å². The Morgan fingerprint density at radius 1 is 1.32 bits per heavy atom. The Kier molecular flexibility index (Phi) is 6.66. The van der Waals surface area contributed by atoms with Gasteiger partial charge in [0.15, 0.2) is 5.78 Å². The first kappa shape index (κ1) is 15.8. The van der Waals surface area contributed by atoms with Crippen molar-refractivity contribution < 1.29 is 14.4 Å². The van der Waals surface area contributed by atoms with Crippen LogP contribution in [0.15, 0.2) is 0 Å². The second kappa shape index (κ2) is 8.01. The van der Waals surface area contributed by atoms with Gasteiger partial charge in [-0.05, 0) is 33.2 Å². The van der Waals surface area contributed by atoms with Gasteiger partial charge in [-0.2, -0.15) is 0 Å². The Balaban J connectivity index is 2.67. The fourth-order valence-corrected chi connectivity index (χ4v) is 2.13. The highest BCUT2D eigenvalue weighted by atomic mass is 16.2. The fraction of sp³-hybridized carbons (Fsp3) is 0.769. The molecule has 3 N–H and O–H groups in total. The number of ketones is 2. The molecule has 0 spiro atoms. The zero-order valence-corrected chi connectivity index (χ0v) is 11.6. The summed E-state index contributed by atoms with van der Waals surface area (Å²) in [5, 5.41) is 8.63. The van der Waals surface area contributed by atoms with Crippen molar-refractivity contribution in [2.24, 2.45) is 0 Å². The lowest BCUT2D eigenvalue weighted by atomic mass is 10.0. The van der Waals surface area contributed by atoms with Gasteiger partial charge in [0.1, 0.15) is 5.78 Å². The number of amides is 1. The molecule has 19 heavy (non-hydrogen) atoms. The standard InChI is InChI=1S/C13H23N3O3/c1-9(17)10-5-3-4-6-15-13(19)7-11(14-2)12(18)8-16-10/h10-11,14,16H,3-8H2,1-2H3,(H,15,19)/t10-,11-/m0/s1. The van der Waals surface area contributed by atoms with E-state index in [1.54, 1.807) is 7.05 Å². The molecule has 0 bridgehead atoms. The minimum Gasteiger partial charge on any atom is -0.356 e. The van der Waals surface area contributed by atoms with Crippen molar-refractivity contribution in [2.45, 2.75) is 44.7 Å². The minimum absolute atomic E-state index is 0.0508. The first-order valence-corrected chi connectivity index (χ1v) is 6.75. The Labute approximate surface area is 113 Å². The molecule has 0 aromatic rings. The van der Waals surface area contributed by atoms with E-state index in [1.165, 1.54) is 6.92 Å². The van der Waals surface area contributed by atoms with Crippen LogP contribution in [0.4, 0.5) is 0 Å². The molecule has 0 aromatic heterocycles. The smallest absolute Gasteiger partial charge is 0.222 e. The van der Waals surface area contributed by atoms with Crippen LogP contribution in [0.1, 0.15) is 32.6 Å². The number of likely N-dealkylation sites (N-methyl/N-ethyl adjacent to an activating group) is 1. The summed E-state index contributed by atoms with van der Waals surface area (Å²) in [5.74, 6) is -0.157. The summed E-state index contributed by atoms with van der Waals surface area (Å²) < 4.78 is 0. The van der Waals surface area contributed by atoms with Crippen LogP contribution in [-0.2, 0) is 14.4 Å². The quantitative estimate of drug-likeness (QED) is 0.622. The molecule has 1 rings (SSSR count). The maximum Gasteiger partial charge on any atom is 0.222 e. The topological polar surface area (TPSA) is 87.3 Å². The molecule has 0 aromatic carbocycles. The van der Waals surface area contributed by atoms with Crippen LogP contribution in [0, 0.1) is 0 Å². The largest absolute Gasteiger partial charge is 0.356 e.